The van der Waals surface area contributed by atoms with Crippen molar-refractivity contribution in [3.63, 3.8) is 0 Å². The van der Waals surface area contributed by atoms with Gasteiger partial charge in [-0.1, -0.05) is 0 Å². The van der Waals surface area contributed by atoms with Gasteiger partial charge in [0.25, 0.3) is 11.8 Å². The third-order valence-electron chi connectivity index (χ3n) is 5.34. The number of pyridine rings is 2. The van der Waals surface area contributed by atoms with Crippen molar-refractivity contribution in [1.29, 1.82) is 0 Å². The predicted octanol–water partition coefficient (Wildman–Crippen LogP) is 3.31. The molecule has 1 aliphatic heterocycles. The highest BCUT2D eigenvalue weighted by Gasteiger charge is 2.35. The summed E-state index contributed by atoms with van der Waals surface area (Å²) in [6.07, 6.45) is 0.781. The molecule has 4 rings (SSSR count). The summed E-state index contributed by atoms with van der Waals surface area (Å²) in [6, 6.07) is 2.51. The number of fused-ring (bicyclic) bond motifs is 1. The first kappa shape index (κ1) is 24.0. The average Bonchev–Trinajstić information content (AvgIpc) is 3.45. The summed E-state index contributed by atoms with van der Waals surface area (Å²) < 4.78 is 52.2. The van der Waals surface area contributed by atoms with Crippen molar-refractivity contribution in [2.24, 2.45) is 0 Å². The molecule has 0 saturated carbocycles. The second-order valence-electron chi connectivity index (χ2n) is 7.68. The Bertz CT molecular complexity index is 1230. The number of oxazole rings is 1. The van der Waals surface area contributed by atoms with Crippen LogP contribution in [0.25, 0.3) is 0 Å². The van der Waals surface area contributed by atoms with Crippen LogP contribution < -0.4 is 14.8 Å². The molecule has 13 heteroatoms. The van der Waals surface area contributed by atoms with Crippen LogP contribution in [0.2, 0.25) is 0 Å². The maximum absolute atomic E-state index is 13.1. The van der Waals surface area contributed by atoms with Crippen molar-refractivity contribution in [3.05, 3.63) is 59.6 Å². The molecule has 4 heterocycles. The quantitative estimate of drug-likeness (QED) is 0.510. The number of anilines is 1. The number of carbonyl (C=O) groups excluding carboxylic acids is 2. The molecule has 1 N–H and O–H groups in total. The zero-order chi connectivity index (χ0) is 25.2. The van der Waals surface area contributed by atoms with E-state index in [0.29, 0.717) is 22.4 Å². The minimum Gasteiger partial charge on any atom is -0.491 e. The molecular formula is C22H20F3N5O5. The molecule has 0 saturated heterocycles. The van der Waals surface area contributed by atoms with E-state index in [1.807, 2.05) is 0 Å². The minimum atomic E-state index is -4.53. The zero-order valence-corrected chi connectivity index (χ0v) is 18.6. The number of alkyl halides is 3. The fourth-order valence-corrected chi connectivity index (χ4v) is 3.60. The van der Waals surface area contributed by atoms with Gasteiger partial charge in [-0.05, 0) is 24.6 Å². The Hall–Kier alpha value is -4.16. The molecule has 0 aliphatic carbocycles. The number of nitrogens with zero attached hydrogens (tertiary/aromatic N) is 4. The van der Waals surface area contributed by atoms with Gasteiger partial charge in [-0.2, -0.15) is 13.2 Å². The van der Waals surface area contributed by atoms with Crippen molar-refractivity contribution < 1.29 is 36.7 Å². The molecule has 0 spiro atoms. The molecule has 0 radical (unpaired) electrons. The second-order valence-corrected chi connectivity index (χ2v) is 7.68. The number of ether oxygens (including phenoxy) is 2. The van der Waals surface area contributed by atoms with Crippen LogP contribution in [0.4, 0.5) is 19.0 Å². The Kier molecular flexibility index (Phi) is 6.58. The van der Waals surface area contributed by atoms with Gasteiger partial charge in [-0.15, -0.1) is 0 Å². The molecule has 3 aromatic rings. The maximum Gasteiger partial charge on any atom is 0.422 e. The van der Waals surface area contributed by atoms with Crippen molar-refractivity contribution in [1.82, 2.24) is 19.9 Å². The van der Waals surface area contributed by atoms with Crippen molar-refractivity contribution in [2.75, 3.05) is 19.0 Å². The van der Waals surface area contributed by atoms with Crippen LogP contribution >= 0.6 is 0 Å². The molecular weight excluding hydrogens is 471 g/mol. The minimum absolute atomic E-state index is 0.00485. The summed E-state index contributed by atoms with van der Waals surface area (Å²) in [5.41, 5.74) is 1.90. The van der Waals surface area contributed by atoms with Crippen LogP contribution in [-0.4, -0.2) is 51.6 Å². The Labute approximate surface area is 197 Å². The number of hydrogen-bond donors (Lipinski definition) is 1. The average molecular weight is 491 g/mol. The van der Waals surface area contributed by atoms with Crippen LogP contribution in [0.5, 0.6) is 11.6 Å². The van der Waals surface area contributed by atoms with Crippen LogP contribution in [0.3, 0.4) is 0 Å². The number of carbonyl (C=O) groups is 2. The summed E-state index contributed by atoms with van der Waals surface area (Å²) in [4.78, 5) is 39.1. The molecule has 0 aromatic carbocycles. The highest BCUT2D eigenvalue weighted by atomic mass is 19.4. The molecule has 1 atom stereocenters. The van der Waals surface area contributed by atoms with Crippen molar-refractivity contribution in [2.45, 2.75) is 32.1 Å². The maximum atomic E-state index is 13.1. The number of amides is 2. The molecule has 3 aromatic heterocycles. The standard InChI is InChI=1S/C22H20F3N5O5/c1-12(13-5-17(33-2)20(27-7-13)35-10-22(23,24)25)30-8-16-15(21(30)32)3-4-26-19(16)29-18(31)6-14-9-34-11-28-14/h3-5,7,9,11-12H,6,8,10H2,1-2H3,(H,26,29,31). The summed E-state index contributed by atoms with van der Waals surface area (Å²) in [5, 5.41) is 2.70. The zero-order valence-electron chi connectivity index (χ0n) is 18.6. The predicted molar refractivity (Wildman–Crippen MR) is 114 cm³/mol. The number of rotatable bonds is 8. The van der Waals surface area contributed by atoms with E-state index in [1.54, 1.807) is 13.0 Å². The van der Waals surface area contributed by atoms with Gasteiger partial charge in [0.2, 0.25) is 5.91 Å². The fraction of sp³-hybridized carbons (Fsp3) is 0.318. The highest BCUT2D eigenvalue weighted by molar-refractivity contribution is 6.01. The van der Waals surface area contributed by atoms with E-state index in [9.17, 15) is 22.8 Å². The number of halogens is 3. The first-order valence-corrected chi connectivity index (χ1v) is 10.4. The number of methoxy groups -OCH3 is 1. The molecule has 1 unspecified atom stereocenters. The lowest BCUT2D eigenvalue weighted by Gasteiger charge is -2.25. The van der Waals surface area contributed by atoms with Gasteiger partial charge >= 0.3 is 6.18 Å². The highest BCUT2D eigenvalue weighted by Crippen LogP contribution is 2.36. The Morgan fingerprint density at radius 3 is 2.80 bits per heavy atom. The summed E-state index contributed by atoms with van der Waals surface area (Å²) >= 11 is 0. The van der Waals surface area contributed by atoms with E-state index in [2.05, 4.69) is 20.3 Å². The molecule has 1 aliphatic rings. The van der Waals surface area contributed by atoms with E-state index < -0.39 is 18.8 Å². The SMILES string of the molecule is COc1cc(C(C)N2Cc3c(ccnc3NC(=O)Cc3cocn3)C2=O)cnc1OCC(F)(F)F. The van der Waals surface area contributed by atoms with E-state index in [4.69, 9.17) is 13.9 Å². The van der Waals surface area contributed by atoms with Crippen LogP contribution in [0.15, 0.2) is 41.6 Å². The Balaban J connectivity index is 1.51. The third kappa shape index (κ3) is 5.34. The van der Waals surface area contributed by atoms with Gasteiger partial charge < -0.3 is 24.1 Å². The van der Waals surface area contributed by atoms with Crippen LogP contribution in [0.1, 0.15) is 40.1 Å². The molecule has 0 fully saturated rings. The van der Waals surface area contributed by atoms with Gasteiger partial charge in [-0.25, -0.2) is 15.0 Å². The van der Waals surface area contributed by atoms with Crippen molar-refractivity contribution >= 4 is 17.6 Å². The molecule has 35 heavy (non-hydrogen) atoms. The molecule has 2 amide bonds. The molecule has 0 bridgehead atoms. The van der Waals surface area contributed by atoms with Gasteiger partial charge in [-0.3, -0.25) is 9.59 Å². The van der Waals surface area contributed by atoms with E-state index >= 15 is 0 Å². The largest absolute Gasteiger partial charge is 0.491 e. The van der Waals surface area contributed by atoms with Gasteiger partial charge in [0.15, 0.2) is 18.8 Å². The fourth-order valence-electron chi connectivity index (χ4n) is 3.60. The third-order valence-corrected chi connectivity index (χ3v) is 5.34. The lowest BCUT2D eigenvalue weighted by atomic mass is 10.1. The monoisotopic (exact) mass is 491 g/mol. The van der Waals surface area contributed by atoms with Crippen LogP contribution in [0, 0.1) is 0 Å². The summed E-state index contributed by atoms with van der Waals surface area (Å²) in [5.74, 6) is -0.714. The number of hydrogen-bond acceptors (Lipinski definition) is 8. The van der Waals surface area contributed by atoms with Gasteiger partial charge in [0.1, 0.15) is 12.1 Å². The van der Waals surface area contributed by atoms with E-state index in [-0.39, 0.29) is 42.2 Å². The molecule has 10 nitrogen and oxygen atoms in total. The smallest absolute Gasteiger partial charge is 0.422 e. The summed E-state index contributed by atoms with van der Waals surface area (Å²) in [7, 11) is 1.28. The lowest BCUT2D eigenvalue weighted by Crippen LogP contribution is -2.27. The van der Waals surface area contributed by atoms with Crippen LogP contribution in [-0.2, 0) is 17.8 Å². The normalized spacial score (nSPS) is 14.0. The topological polar surface area (TPSA) is 120 Å². The lowest BCUT2D eigenvalue weighted by molar-refractivity contribution is -0.154. The van der Waals surface area contributed by atoms with E-state index in [1.165, 1.54) is 43.1 Å². The first-order chi connectivity index (χ1) is 16.7. The molecule has 184 valence electrons. The van der Waals surface area contributed by atoms with Crippen molar-refractivity contribution in [3.8, 4) is 11.6 Å². The summed E-state index contributed by atoms with van der Waals surface area (Å²) in [6.45, 7) is 0.382. The Morgan fingerprint density at radius 1 is 1.31 bits per heavy atom. The Morgan fingerprint density at radius 2 is 2.11 bits per heavy atom. The van der Waals surface area contributed by atoms with E-state index in [0.717, 1.165) is 0 Å². The number of nitrogens with one attached hydrogen (secondary N) is 1. The first-order valence-electron chi connectivity index (χ1n) is 10.4. The van der Waals surface area contributed by atoms with Gasteiger partial charge in [0.05, 0.1) is 31.8 Å². The number of aromatic nitrogens is 3. The van der Waals surface area contributed by atoms with Gasteiger partial charge in [0, 0.05) is 23.5 Å². The second kappa shape index (κ2) is 9.60.